The fraction of sp³-hybridized carbons (Fsp3) is 0.333. The molecule has 1 aliphatic rings. The van der Waals surface area contributed by atoms with Gasteiger partial charge in [0.25, 0.3) is 0 Å². The molecule has 2 aromatic carbocycles. The fourth-order valence-corrected chi connectivity index (χ4v) is 2.21. The first-order chi connectivity index (χ1) is 12.6. The molecule has 3 rings (SSSR count). The van der Waals surface area contributed by atoms with Crippen molar-refractivity contribution in [3.05, 3.63) is 85.0 Å². The molecule has 27 heavy (non-hydrogen) atoms. The first-order valence-electron chi connectivity index (χ1n) is 9.18. The van der Waals surface area contributed by atoms with Crippen LogP contribution in [0.2, 0.25) is 0 Å². The Morgan fingerprint density at radius 3 is 1.00 bits per heavy atom. The molecule has 0 unspecified atom stereocenters. The SMILES string of the molecule is C1=CCCC=CCC1.CN(C)c1cc[c-]cc1.CN(C)c1cc[c-]cc1.[Pt+2]. The Morgan fingerprint density at radius 2 is 0.815 bits per heavy atom. The van der Waals surface area contributed by atoms with Crippen LogP contribution in [0.4, 0.5) is 11.4 Å². The van der Waals surface area contributed by atoms with Crippen molar-refractivity contribution in [2.75, 3.05) is 38.0 Å². The van der Waals surface area contributed by atoms with Gasteiger partial charge in [0.15, 0.2) is 0 Å². The number of hydrogen-bond donors (Lipinski definition) is 0. The maximum Gasteiger partial charge on any atom is 2.00 e. The topological polar surface area (TPSA) is 6.48 Å². The van der Waals surface area contributed by atoms with E-state index >= 15 is 0 Å². The quantitative estimate of drug-likeness (QED) is 0.350. The van der Waals surface area contributed by atoms with Gasteiger partial charge in [-0.05, 0) is 25.7 Å². The summed E-state index contributed by atoms with van der Waals surface area (Å²) in [6.45, 7) is 0. The van der Waals surface area contributed by atoms with Crippen molar-refractivity contribution in [3.8, 4) is 0 Å². The van der Waals surface area contributed by atoms with Crippen molar-refractivity contribution in [3.63, 3.8) is 0 Å². The molecule has 0 radical (unpaired) electrons. The van der Waals surface area contributed by atoms with E-state index in [0.717, 1.165) is 0 Å². The maximum absolute atomic E-state index is 2.96. The number of rotatable bonds is 2. The summed E-state index contributed by atoms with van der Waals surface area (Å²) in [5.41, 5.74) is 2.43. The van der Waals surface area contributed by atoms with Gasteiger partial charge in [-0.1, -0.05) is 35.7 Å². The van der Waals surface area contributed by atoms with Crippen LogP contribution in [-0.4, -0.2) is 28.2 Å². The molecule has 0 spiro atoms. The number of hydrogen-bond acceptors (Lipinski definition) is 2. The van der Waals surface area contributed by atoms with Gasteiger partial charge in [0.1, 0.15) is 0 Å². The van der Waals surface area contributed by atoms with E-state index in [1.54, 1.807) is 0 Å². The van der Waals surface area contributed by atoms with Gasteiger partial charge in [0, 0.05) is 28.2 Å². The average Bonchev–Trinajstić information content (AvgIpc) is 2.64. The smallest absolute Gasteiger partial charge is 0.399 e. The van der Waals surface area contributed by atoms with Gasteiger partial charge in [-0.3, -0.25) is 0 Å². The minimum absolute atomic E-state index is 0. The third kappa shape index (κ3) is 13.1. The molecule has 0 saturated heterocycles. The Bertz CT molecular complexity index is 550. The summed E-state index contributed by atoms with van der Waals surface area (Å²) in [7, 11) is 8.09. The van der Waals surface area contributed by atoms with Crippen LogP contribution in [0.5, 0.6) is 0 Å². The van der Waals surface area contributed by atoms with Gasteiger partial charge >= 0.3 is 21.1 Å². The van der Waals surface area contributed by atoms with E-state index in [1.165, 1.54) is 37.1 Å². The van der Waals surface area contributed by atoms with Crippen LogP contribution in [0.3, 0.4) is 0 Å². The minimum Gasteiger partial charge on any atom is -0.399 e. The molecule has 0 saturated carbocycles. The third-order valence-corrected chi connectivity index (χ3v) is 3.77. The van der Waals surface area contributed by atoms with Crippen molar-refractivity contribution in [2.45, 2.75) is 25.7 Å². The first kappa shape index (κ1) is 25.2. The van der Waals surface area contributed by atoms with Crippen LogP contribution >= 0.6 is 0 Å². The van der Waals surface area contributed by atoms with E-state index in [2.05, 4.69) is 46.2 Å². The molecule has 0 amide bonds. The predicted octanol–water partition coefficient (Wildman–Crippen LogP) is 5.78. The zero-order chi connectivity index (χ0) is 19.0. The van der Waals surface area contributed by atoms with Crippen molar-refractivity contribution >= 4 is 11.4 Å². The maximum atomic E-state index is 2.96. The summed E-state index contributed by atoms with van der Waals surface area (Å²) in [4.78, 5) is 4.13. The summed E-state index contributed by atoms with van der Waals surface area (Å²) in [5.74, 6) is 0. The molecular weight excluding hydrogens is 511 g/mol. The van der Waals surface area contributed by atoms with Crippen LogP contribution < -0.4 is 9.80 Å². The summed E-state index contributed by atoms with van der Waals surface area (Å²) in [6.07, 6.45) is 14.0. The standard InChI is InChI=1S/2C8H10N.C8H12.Pt/c2*1-9(2)8-6-4-3-5-7-8;1-2-4-6-8-7-5-3-1;/h2*4-7H,1-2H3;1-2,7-8H,3-6H2;/q2*-1;;+2. The summed E-state index contributed by atoms with van der Waals surface area (Å²) in [5, 5.41) is 0. The zero-order valence-electron chi connectivity index (χ0n) is 17.0. The molecule has 0 atom stereocenters. The molecule has 0 bridgehead atoms. The van der Waals surface area contributed by atoms with Crippen molar-refractivity contribution in [1.82, 2.24) is 0 Å². The molecule has 0 aliphatic heterocycles. The number of nitrogens with zero attached hydrogens (tertiary/aromatic N) is 2. The van der Waals surface area contributed by atoms with Gasteiger partial charge in [-0.15, -0.1) is 24.3 Å². The first-order valence-corrected chi connectivity index (χ1v) is 9.18. The van der Waals surface area contributed by atoms with E-state index in [1.807, 2.05) is 76.7 Å². The number of allylic oxidation sites excluding steroid dienone is 4. The fourth-order valence-electron chi connectivity index (χ4n) is 2.21. The molecule has 0 aromatic heterocycles. The molecular formula is C24H32N2Pt. The Morgan fingerprint density at radius 1 is 0.556 bits per heavy atom. The summed E-state index contributed by atoms with van der Waals surface area (Å²) < 4.78 is 0. The van der Waals surface area contributed by atoms with Crippen LogP contribution in [0.25, 0.3) is 0 Å². The summed E-state index contributed by atoms with van der Waals surface area (Å²) >= 11 is 0. The van der Waals surface area contributed by atoms with Gasteiger partial charge in [0.2, 0.25) is 0 Å². The van der Waals surface area contributed by atoms with Crippen molar-refractivity contribution < 1.29 is 21.1 Å². The molecule has 0 N–H and O–H groups in total. The van der Waals surface area contributed by atoms with E-state index < -0.39 is 0 Å². The van der Waals surface area contributed by atoms with Crippen LogP contribution in [0.1, 0.15) is 25.7 Å². The Kier molecular flexibility index (Phi) is 15.3. The average molecular weight is 544 g/mol. The second-order valence-electron chi connectivity index (χ2n) is 6.40. The molecule has 2 aromatic rings. The molecule has 148 valence electrons. The van der Waals surface area contributed by atoms with Crippen LogP contribution in [0.15, 0.2) is 72.8 Å². The van der Waals surface area contributed by atoms with Gasteiger partial charge in [-0.25, -0.2) is 0 Å². The summed E-state index contributed by atoms with van der Waals surface area (Å²) in [6, 6.07) is 21.7. The van der Waals surface area contributed by atoms with Gasteiger partial charge < -0.3 is 9.80 Å². The molecule has 0 fully saturated rings. The zero-order valence-corrected chi connectivity index (χ0v) is 19.2. The minimum atomic E-state index is 0. The van der Waals surface area contributed by atoms with Crippen molar-refractivity contribution in [1.29, 1.82) is 0 Å². The molecule has 2 nitrogen and oxygen atoms in total. The Balaban J connectivity index is 0.000000369. The second kappa shape index (κ2) is 16.4. The normalized spacial score (nSPS) is 12.0. The Labute approximate surface area is 180 Å². The number of benzene rings is 2. The van der Waals surface area contributed by atoms with Gasteiger partial charge in [0.05, 0.1) is 0 Å². The van der Waals surface area contributed by atoms with Gasteiger partial charge in [-0.2, -0.15) is 36.4 Å². The second-order valence-corrected chi connectivity index (χ2v) is 6.40. The molecule has 1 aliphatic carbocycles. The number of anilines is 2. The molecule has 0 heterocycles. The predicted molar refractivity (Wildman–Crippen MR) is 116 cm³/mol. The van der Waals surface area contributed by atoms with E-state index in [-0.39, 0.29) is 21.1 Å². The van der Waals surface area contributed by atoms with Crippen molar-refractivity contribution in [2.24, 2.45) is 0 Å². The van der Waals surface area contributed by atoms with E-state index in [0.29, 0.717) is 0 Å². The van der Waals surface area contributed by atoms with E-state index in [4.69, 9.17) is 0 Å². The van der Waals surface area contributed by atoms with Crippen LogP contribution in [-0.2, 0) is 21.1 Å². The largest absolute Gasteiger partial charge is 2.00 e. The Hall–Kier alpha value is -1.79. The monoisotopic (exact) mass is 543 g/mol. The van der Waals surface area contributed by atoms with Crippen LogP contribution in [0, 0.1) is 12.1 Å². The van der Waals surface area contributed by atoms with E-state index in [9.17, 15) is 0 Å². The third-order valence-electron chi connectivity index (χ3n) is 3.77. The molecule has 3 heteroatoms.